The van der Waals surface area contributed by atoms with Gasteiger partial charge in [0.15, 0.2) is 0 Å². The number of benzene rings is 2. The molecule has 81 valence electrons. The Bertz CT molecular complexity index is 462. The fraction of sp³-hybridized carbons (Fsp3) is 0.143. The largest absolute Gasteiger partial charge is 0.497 e. The van der Waals surface area contributed by atoms with E-state index in [0.717, 1.165) is 11.3 Å². The van der Waals surface area contributed by atoms with E-state index in [2.05, 4.69) is 30.5 Å². The highest BCUT2D eigenvalue weighted by molar-refractivity contribution is 7.98. The average molecular weight is 229 g/mol. The van der Waals surface area contributed by atoms with Crippen LogP contribution >= 0.6 is 11.8 Å². The second-order valence-electron chi connectivity index (χ2n) is 3.34. The summed E-state index contributed by atoms with van der Waals surface area (Å²) >= 11 is 1.74. The van der Waals surface area contributed by atoms with Crippen molar-refractivity contribution in [2.24, 2.45) is 0 Å². The fourth-order valence-electron chi connectivity index (χ4n) is 1.57. The quantitative estimate of drug-likeness (QED) is 0.739. The first-order valence-corrected chi connectivity index (χ1v) is 6.26. The summed E-state index contributed by atoms with van der Waals surface area (Å²) in [5.41, 5.74) is 2.32. The molecular weight excluding hydrogens is 216 g/mol. The first-order valence-electron chi connectivity index (χ1n) is 5.04. The Morgan fingerprint density at radius 2 is 1.88 bits per heavy atom. The van der Waals surface area contributed by atoms with Gasteiger partial charge in [-0.3, -0.25) is 0 Å². The van der Waals surface area contributed by atoms with E-state index in [0.29, 0.717) is 0 Å². The molecule has 2 heteroatoms. The normalized spacial score (nSPS) is 10.1. The molecule has 0 saturated heterocycles. The zero-order chi connectivity index (χ0) is 11.4. The number of hydrogen-bond acceptors (Lipinski definition) is 2. The van der Waals surface area contributed by atoms with Crippen LogP contribution in [0, 0.1) is 6.07 Å². The summed E-state index contributed by atoms with van der Waals surface area (Å²) in [6, 6.07) is 17.4. The molecule has 0 aliphatic carbocycles. The minimum atomic E-state index is 0.880. The van der Waals surface area contributed by atoms with Gasteiger partial charge in [0.2, 0.25) is 0 Å². The van der Waals surface area contributed by atoms with Crippen molar-refractivity contribution in [3.63, 3.8) is 0 Å². The third-order valence-electron chi connectivity index (χ3n) is 2.42. The molecule has 0 spiro atoms. The van der Waals surface area contributed by atoms with Crippen LogP contribution in [-0.2, 0) is 0 Å². The molecule has 0 N–H and O–H groups in total. The Morgan fingerprint density at radius 3 is 2.50 bits per heavy atom. The maximum Gasteiger partial charge on any atom is 0.118 e. The summed E-state index contributed by atoms with van der Waals surface area (Å²) in [6.07, 6.45) is 2.08. The molecule has 0 aromatic heterocycles. The van der Waals surface area contributed by atoms with E-state index < -0.39 is 0 Å². The van der Waals surface area contributed by atoms with Gasteiger partial charge in [0.25, 0.3) is 0 Å². The van der Waals surface area contributed by atoms with Crippen molar-refractivity contribution in [1.82, 2.24) is 0 Å². The first-order chi connectivity index (χ1) is 7.85. The topological polar surface area (TPSA) is 9.23 Å². The molecule has 0 atom stereocenters. The van der Waals surface area contributed by atoms with Gasteiger partial charge in [-0.15, -0.1) is 11.8 Å². The Labute approximate surface area is 100 Å². The number of hydrogen-bond donors (Lipinski definition) is 0. The Morgan fingerprint density at radius 1 is 1.12 bits per heavy atom. The monoisotopic (exact) mass is 229 g/mol. The number of thioether (sulfide) groups is 1. The first kappa shape index (κ1) is 11.1. The molecule has 2 aromatic carbocycles. The number of ether oxygens (including phenoxy) is 1. The molecule has 0 fully saturated rings. The van der Waals surface area contributed by atoms with Crippen molar-refractivity contribution in [2.75, 3.05) is 13.4 Å². The van der Waals surface area contributed by atoms with Gasteiger partial charge >= 0.3 is 0 Å². The summed E-state index contributed by atoms with van der Waals surface area (Å²) in [4.78, 5) is 1.24. The van der Waals surface area contributed by atoms with Crippen LogP contribution in [0.15, 0.2) is 47.4 Å². The molecule has 0 heterocycles. The van der Waals surface area contributed by atoms with Crippen molar-refractivity contribution < 1.29 is 4.74 Å². The van der Waals surface area contributed by atoms with Crippen molar-refractivity contribution in [1.29, 1.82) is 0 Å². The SMILES string of the molecule is COc1ccc(-c2[c]cccc2SC)cc1. The molecule has 2 rings (SSSR count). The van der Waals surface area contributed by atoms with Crippen molar-refractivity contribution in [3.8, 4) is 16.9 Å². The lowest BCUT2D eigenvalue weighted by atomic mass is 10.1. The van der Waals surface area contributed by atoms with Crippen molar-refractivity contribution in [2.45, 2.75) is 4.90 Å². The second kappa shape index (κ2) is 5.08. The Hall–Kier alpha value is -1.41. The summed E-state index contributed by atoms with van der Waals surface area (Å²) in [5.74, 6) is 0.880. The van der Waals surface area contributed by atoms with Crippen molar-refractivity contribution in [3.05, 3.63) is 48.5 Å². The summed E-state index contributed by atoms with van der Waals surface area (Å²) < 4.78 is 5.15. The highest BCUT2D eigenvalue weighted by Crippen LogP contribution is 2.30. The van der Waals surface area contributed by atoms with Crippen LogP contribution in [0.2, 0.25) is 0 Å². The zero-order valence-electron chi connectivity index (χ0n) is 9.36. The lowest BCUT2D eigenvalue weighted by molar-refractivity contribution is 0.415. The molecule has 0 saturated carbocycles. The van der Waals surface area contributed by atoms with Crippen LogP contribution in [0.4, 0.5) is 0 Å². The van der Waals surface area contributed by atoms with Gasteiger partial charge in [-0.2, -0.15) is 0 Å². The van der Waals surface area contributed by atoms with E-state index in [-0.39, 0.29) is 0 Å². The van der Waals surface area contributed by atoms with Gasteiger partial charge in [-0.1, -0.05) is 24.3 Å². The zero-order valence-corrected chi connectivity index (χ0v) is 10.2. The van der Waals surface area contributed by atoms with Crippen LogP contribution in [0.5, 0.6) is 5.75 Å². The molecule has 0 unspecified atom stereocenters. The van der Waals surface area contributed by atoms with Crippen LogP contribution in [-0.4, -0.2) is 13.4 Å². The molecule has 1 radical (unpaired) electrons. The molecule has 2 aromatic rings. The van der Waals surface area contributed by atoms with E-state index >= 15 is 0 Å². The van der Waals surface area contributed by atoms with E-state index in [1.807, 2.05) is 24.3 Å². The van der Waals surface area contributed by atoms with E-state index in [1.165, 1.54) is 10.5 Å². The molecule has 0 aliphatic heterocycles. The van der Waals surface area contributed by atoms with Gasteiger partial charge < -0.3 is 4.74 Å². The lowest BCUT2D eigenvalue weighted by Crippen LogP contribution is -1.84. The third-order valence-corrected chi connectivity index (χ3v) is 3.20. The Balaban J connectivity index is 2.42. The standard InChI is InChI=1S/C14H13OS/c1-15-12-9-7-11(8-10-12)13-5-3-4-6-14(13)16-2/h3-4,6-10H,1-2H3. The predicted molar refractivity (Wildman–Crippen MR) is 69.0 cm³/mol. The number of rotatable bonds is 3. The molecule has 0 aliphatic rings. The maximum atomic E-state index is 5.15. The highest BCUT2D eigenvalue weighted by Gasteiger charge is 2.03. The summed E-state index contributed by atoms with van der Waals surface area (Å²) in [5, 5.41) is 0. The minimum Gasteiger partial charge on any atom is -0.497 e. The molecule has 0 amide bonds. The Kier molecular flexibility index (Phi) is 3.52. The molecule has 0 bridgehead atoms. The van der Waals surface area contributed by atoms with Gasteiger partial charge in [0.05, 0.1) is 7.11 Å². The third kappa shape index (κ3) is 2.22. The lowest BCUT2D eigenvalue weighted by Gasteiger charge is -2.07. The molecular formula is C14H13OS. The average Bonchev–Trinajstić information content (AvgIpc) is 2.39. The summed E-state index contributed by atoms with van der Waals surface area (Å²) in [6.45, 7) is 0. The summed E-state index contributed by atoms with van der Waals surface area (Å²) in [7, 11) is 1.68. The van der Waals surface area contributed by atoms with Crippen LogP contribution < -0.4 is 4.74 Å². The van der Waals surface area contributed by atoms with Crippen LogP contribution in [0.1, 0.15) is 0 Å². The van der Waals surface area contributed by atoms with Gasteiger partial charge in [-0.25, -0.2) is 0 Å². The number of methoxy groups -OCH3 is 1. The van der Waals surface area contributed by atoms with Crippen molar-refractivity contribution >= 4 is 11.8 Å². The van der Waals surface area contributed by atoms with Crippen LogP contribution in [0.25, 0.3) is 11.1 Å². The highest BCUT2D eigenvalue weighted by atomic mass is 32.2. The van der Waals surface area contributed by atoms with Gasteiger partial charge in [0, 0.05) is 10.5 Å². The maximum absolute atomic E-state index is 5.15. The fourth-order valence-corrected chi connectivity index (χ4v) is 2.17. The van der Waals surface area contributed by atoms with Crippen LogP contribution in [0.3, 0.4) is 0 Å². The smallest absolute Gasteiger partial charge is 0.118 e. The van der Waals surface area contributed by atoms with Gasteiger partial charge in [0.1, 0.15) is 5.75 Å². The predicted octanol–water partition coefficient (Wildman–Crippen LogP) is 3.88. The molecule has 16 heavy (non-hydrogen) atoms. The van der Waals surface area contributed by atoms with E-state index in [4.69, 9.17) is 4.74 Å². The van der Waals surface area contributed by atoms with Gasteiger partial charge in [-0.05, 0) is 36.1 Å². The second-order valence-corrected chi connectivity index (χ2v) is 4.19. The minimum absolute atomic E-state index is 0.880. The van der Waals surface area contributed by atoms with E-state index in [9.17, 15) is 0 Å². The van der Waals surface area contributed by atoms with E-state index in [1.54, 1.807) is 18.9 Å². The molecule has 1 nitrogen and oxygen atoms in total.